The van der Waals surface area contributed by atoms with Gasteiger partial charge in [-0.1, -0.05) is 12.8 Å². The number of esters is 1. The number of fused-ring (bicyclic) bond motifs is 7. The molecular weight excluding hydrogens is 612 g/mol. The maximum atomic E-state index is 14.2. The highest BCUT2D eigenvalue weighted by Crippen LogP contribution is 2.54. The lowest BCUT2D eigenvalue weighted by Crippen LogP contribution is -2.66. The van der Waals surface area contributed by atoms with Crippen molar-refractivity contribution in [1.29, 1.82) is 0 Å². The summed E-state index contributed by atoms with van der Waals surface area (Å²) in [7, 11) is 0. The number of piperidine rings is 2. The number of hydrogen-bond acceptors (Lipinski definition) is 11. The Morgan fingerprint density at radius 2 is 1.71 bits per heavy atom. The van der Waals surface area contributed by atoms with E-state index < -0.39 is 29.3 Å². The van der Waals surface area contributed by atoms with Crippen LogP contribution in [-0.4, -0.2) is 89.6 Å². The van der Waals surface area contributed by atoms with Crippen LogP contribution in [0.4, 0.5) is 0 Å². The first kappa shape index (κ1) is 33.9. The van der Waals surface area contributed by atoms with Gasteiger partial charge in [0.2, 0.25) is 0 Å². The minimum absolute atomic E-state index is 0.0244. The number of hydrogen-bond donors (Lipinski definition) is 5. The van der Waals surface area contributed by atoms with Crippen LogP contribution in [-0.2, 0) is 28.5 Å². The Balaban J connectivity index is 0.958. The van der Waals surface area contributed by atoms with Crippen molar-refractivity contribution < 1.29 is 33.6 Å². The Labute approximate surface area is 285 Å². The standard InChI is InChI=1S/C37H60N4O7/c1-18-15-24(42)30-25(45-18)17-26-29(32(30)43)23-7-4-5-13-37(35(44)46-33(23)36(2,3)47-26)27(48-37)11-10-19-16-28(38)41-31-20(19)8-6-9-22-21(31)12-14-40-34(22)39/h18-23,25-34,40-41,43H,4-17,38-39H2,1-3H3. The lowest BCUT2D eigenvalue weighted by Gasteiger charge is -2.57. The summed E-state index contributed by atoms with van der Waals surface area (Å²) in [5.74, 6) is 0.937. The van der Waals surface area contributed by atoms with Gasteiger partial charge in [-0.05, 0) is 109 Å². The Hall–Kier alpha value is -1.18. The molecule has 11 nitrogen and oxygen atoms in total. The number of ether oxygens (including phenoxy) is 4. The molecule has 0 aromatic rings. The van der Waals surface area contributed by atoms with Crippen molar-refractivity contribution in [3.63, 3.8) is 0 Å². The summed E-state index contributed by atoms with van der Waals surface area (Å²) in [4.78, 5) is 27.3. The molecule has 8 aliphatic rings. The average Bonchev–Trinajstić information content (AvgIpc) is 3.75. The first-order chi connectivity index (χ1) is 23.0. The largest absolute Gasteiger partial charge is 0.457 e. The zero-order chi connectivity index (χ0) is 33.5. The fourth-order valence-electron chi connectivity index (χ4n) is 12.2. The molecule has 0 aromatic carbocycles. The van der Waals surface area contributed by atoms with Crippen LogP contribution >= 0.6 is 0 Å². The van der Waals surface area contributed by atoms with Crippen LogP contribution < -0.4 is 22.1 Å². The maximum absolute atomic E-state index is 14.2. The van der Waals surface area contributed by atoms with Gasteiger partial charge in [-0.3, -0.25) is 10.1 Å². The third-order valence-electron chi connectivity index (χ3n) is 14.3. The second-order valence-corrected chi connectivity index (χ2v) is 17.5. The highest BCUT2D eigenvalue weighted by atomic mass is 16.7. The Morgan fingerprint density at radius 1 is 0.917 bits per heavy atom. The molecule has 2 aliphatic carbocycles. The Bertz CT molecular complexity index is 1240. The zero-order valence-electron chi connectivity index (χ0n) is 29.2. The lowest BCUT2D eigenvalue weighted by atomic mass is 9.62. The van der Waals surface area contributed by atoms with Gasteiger partial charge in [0, 0.05) is 30.7 Å². The SMILES string of the molecule is CC1CC(=O)C2C(CC3OC(C)(C)C4OC(=O)C5(CCCCC4C3C2O)OC5CCC2CC(N)NC3C2CCCC2C(N)NCCC23)O1. The third-order valence-corrected chi connectivity index (χ3v) is 14.3. The van der Waals surface area contributed by atoms with Crippen LogP contribution in [0, 0.1) is 41.4 Å². The molecule has 0 radical (unpaired) electrons. The van der Waals surface area contributed by atoms with Gasteiger partial charge in [0.05, 0.1) is 48.8 Å². The second-order valence-electron chi connectivity index (χ2n) is 17.5. The van der Waals surface area contributed by atoms with Gasteiger partial charge in [0.1, 0.15) is 17.5 Å². The molecule has 2 saturated carbocycles. The van der Waals surface area contributed by atoms with Crippen molar-refractivity contribution >= 4 is 11.8 Å². The van der Waals surface area contributed by atoms with Crippen LogP contribution in [0.5, 0.6) is 0 Å². The molecule has 7 N–H and O–H groups in total. The molecular formula is C37H60N4O7. The molecule has 8 fully saturated rings. The van der Waals surface area contributed by atoms with Crippen molar-refractivity contribution in [2.24, 2.45) is 52.9 Å². The molecule has 0 amide bonds. The van der Waals surface area contributed by atoms with Crippen molar-refractivity contribution in [1.82, 2.24) is 10.6 Å². The van der Waals surface area contributed by atoms with Crippen LogP contribution in [0.2, 0.25) is 0 Å². The number of nitrogens with two attached hydrogens (primary N) is 2. The summed E-state index contributed by atoms with van der Waals surface area (Å²) >= 11 is 0. The van der Waals surface area contributed by atoms with Crippen molar-refractivity contribution in [2.45, 2.75) is 170 Å². The van der Waals surface area contributed by atoms with E-state index >= 15 is 0 Å². The van der Waals surface area contributed by atoms with E-state index in [0.29, 0.717) is 49.0 Å². The first-order valence-corrected chi connectivity index (χ1v) is 19.4. The molecule has 11 heteroatoms. The summed E-state index contributed by atoms with van der Waals surface area (Å²) in [6, 6.07) is 0.391. The number of aliphatic hydroxyl groups is 1. The normalized spacial score (nSPS) is 53.3. The van der Waals surface area contributed by atoms with E-state index in [1.165, 1.54) is 19.3 Å². The summed E-state index contributed by atoms with van der Waals surface area (Å²) in [6.07, 6.45) is 9.30. The summed E-state index contributed by atoms with van der Waals surface area (Å²) in [5, 5.41) is 19.0. The predicted octanol–water partition coefficient (Wildman–Crippen LogP) is 2.50. The first-order valence-electron chi connectivity index (χ1n) is 19.4. The van der Waals surface area contributed by atoms with E-state index in [1.807, 2.05) is 20.8 Å². The topological polar surface area (TPSA) is 171 Å². The Morgan fingerprint density at radius 3 is 2.54 bits per heavy atom. The van der Waals surface area contributed by atoms with E-state index in [9.17, 15) is 14.7 Å². The smallest absolute Gasteiger partial charge is 0.341 e. The average molecular weight is 673 g/mol. The molecule has 6 heterocycles. The van der Waals surface area contributed by atoms with Crippen LogP contribution in [0.1, 0.15) is 104 Å². The van der Waals surface area contributed by atoms with Gasteiger partial charge >= 0.3 is 5.97 Å². The molecule has 48 heavy (non-hydrogen) atoms. The highest BCUT2D eigenvalue weighted by Gasteiger charge is 2.66. The van der Waals surface area contributed by atoms with Gasteiger partial charge < -0.3 is 40.8 Å². The van der Waals surface area contributed by atoms with Crippen molar-refractivity contribution in [3.05, 3.63) is 0 Å². The molecule has 6 aliphatic heterocycles. The van der Waals surface area contributed by atoms with Crippen LogP contribution in [0.3, 0.4) is 0 Å². The molecule has 0 bridgehead atoms. The van der Waals surface area contributed by atoms with Crippen LogP contribution in [0.15, 0.2) is 0 Å². The molecule has 17 unspecified atom stereocenters. The van der Waals surface area contributed by atoms with Gasteiger partial charge in [0.25, 0.3) is 0 Å². The van der Waals surface area contributed by atoms with Crippen molar-refractivity contribution in [2.75, 3.05) is 6.54 Å². The van der Waals surface area contributed by atoms with E-state index in [1.54, 1.807) is 0 Å². The maximum Gasteiger partial charge on any atom is 0.341 e. The summed E-state index contributed by atoms with van der Waals surface area (Å²) < 4.78 is 25.7. The molecule has 8 rings (SSSR count). The van der Waals surface area contributed by atoms with Gasteiger partial charge in [-0.15, -0.1) is 0 Å². The van der Waals surface area contributed by atoms with Gasteiger partial charge in [0.15, 0.2) is 5.60 Å². The van der Waals surface area contributed by atoms with E-state index in [2.05, 4.69) is 10.6 Å². The molecule has 17 atom stereocenters. The number of carbonyl (C=O) groups excluding carboxylic acids is 2. The predicted molar refractivity (Wildman–Crippen MR) is 177 cm³/mol. The number of carbonyl (C=O) groups is 2. The quantitative estimate of drug-likeness (QED) is 0.221. The van der Waals surface area contributed by atoms with E-state index in [0.717, 1.165) is 51.5 Å². The van der Waals surface area contributed by atoms with E-state index in [4.69, 9.17) is 30.4 Å². The molecule has 270 valence electrons. The number of ketones is 1. The molecule has 0 aromatic heterocycles. The third kappa shape index (κ3) is 5.80. The number of aliphatic hydroxyl groups excluding tert-OH is 1. The number of epoxide rings is 1. The zero-order valence-corrected chi connectivity index (χ0v) is 29.2. The minimum atomic E-state index is -0.911. The monoisotopic (exact) mass is 672 g/mol. The fraction of sp³-hybridized carbons (Fsp3) is 0.946. The van der Waals surface area contributed by atoms with Crippen molar-refractivity contribution in [3.8, 4) is 0 Å². The van der Waals surface area contributed by atoms with Gasteiger partial charge in [-0.2, -0.15) is 0 Å². The second kappa shape index (κ2) is 12.8. The summed E-state index contributed by atoms with van der Waals surface area (Å²) in [6.45, 7) is 6.89. The number of Topliss-reactive ketones (excluding diaryl/α,β-unsaturated/α-hetero) is 1. The number of nitrogens with one attached hydrogen (secondary N) is 2. The molecule has 1 spiro atoms. The fourth-order valence-corrected chi connectivity index (χ4v) is 12.2. The molecule has 6 saturated heterocycles. The number of rotatable bonds is 3. The van der Waals surface area contributed by atoms with E-state index in [-0.39, 0.29) is 60.3 Å². The van der Waals surface area contributed by atoms with Crippen LogP contribution in [0.25, 0.3) is 0 Å². The highest BCUT2D eigenvalue weighted by molar-refractivity contribution is 5.84. The minimum Gasteiger partial charge on any atom is -0.457 e. The lowest BCUT2D eigenvalue weighted by molar-refractivity contribution is -0.278. The summed E-state index contributed by atoms with van der Waals surface area (Å²) in [5.41, 5.74) is 11.5. The van der Waals surface area contributed by atoms with Gasteiger partial charge in [-0.25, -0.2) is 4.79 Å². The Kier molecular flexibility index (Phi) is 9.05.